The lowest BCUT2D eigenvalue weighted by molar-refractivity contribution is -0.143. The van der Waals surface area contributed by atoms with Crippen LogP contribution < -0.4 is 21.7 Å². The van der Waals surface area contributed by atoms with E-state index < -0.39 is 48.4 Å². The standard InChI is InChI=1S/C23H36N4O5/c1-5-14(3)19(24)22(30)26-17(12-16-10-8-7-9-11-16)21(29)25-13-18(28)27-20(23(31)32)15(4)6-2/h7-11,14-15,17,19-20H,5-6,12-13,24H2,1-4H3,(H,25,29)(H,26,30)(H,27,28)(H,31,32). The fourth-order valence-corrected chi connectivity index (χ4v) is 3.04. The summed E-state index contributed by atoms with van der Waals surface area (Å²) in [7, 11) is 0. The van der Waals surface area contributed by atoms with Crippen molar-refractivity contribution in [1.29, 1.82) is 0 Å². The Morgan fingerprint density at radius 3 is 2.06 bits per heavy atom. The van der Waals surface area contributed by atoms with Crippen molar-refractivity contribution in [3.05, 3.63) is 35.9 Å². The maximum absolute atomic E-state index is 12.8. The van der Waals surface area contributed by atoms with Crippen LogP contribution in [0.25, 0.3) is 0 Å². The normalized spacial score (nSPS) is 15.5. The van der Waals surface area contributed by atoms with Crippen LogP contribution in [0.3, 0.4) is 0 Å². The molecule has 0 aliphatic heterocycles. The van der Waals surface area contributed by atoms with Crippen LogP contribution in [0.15, 0.2) is 30.3 Å². The first-order chi connectivity index (χ1) is 15.1. The third kappa shape index (κ3) is 8.66. The van der Waals surface area contributed by atoms with Gasteiger partial charge in [0, 0.05) is 6.42 Å². The molecule has 0 heterocycles. The van der Waals surface area contributed by atoms with Crippen molar-refractivity contribution in [2.75, 3.05) is 6.54 Å². The lowest BCUT2D eigenvalue weighted by Gasteiger charge is -2.24. The van der Waals surface area contributed by atoms with E-state index >= 15 is 0 Å². The molecule has 0 fully saturated rings. The highest BCUT2D eigenvalue weighted by atomic mass is 16.4. The van der Waals surface area contributed by atoms with E-state index in [1.54, 1.807) is 6.92 Å². The Labute approximate surface area is 189 Å². The van der Waals surface area contributed by atoms with E-state index in [0.29, 0.717) is 12.8 Å². The van der Waals surface area contributed by atoms with Gasteiger partial charge in [0.1, 0.15) is 12.1 Å². The van der Waals surface area contributed by atoms with Crippen molar-refractivity contribution in [3.8, 4) is 0 Å². The minimum absolute atomic E-state index is 0.0604. The Morgan fingerprint density at radius 2 is 1.53 bits per heavy atom. The molecular weight excluding hydrogens is 412 g/mol. The van der Waals surface area contributed by atoms with Crippen LogP contribution >= 0.6 is 0 Å². The maximum Gasteiger partial charge on any atom is 0.326 e. The molecule has 0 spiro atoms. The van der Waals surface area contributed by atoms with Crippen molar-refractivity contribution in [1.82, 2.24) is 16.0 Å². The summed E-state index contributed by atoms with van der Waals surface area (Å²) >= 11 is 0. The summed E-state index contributed by atoms with van der Waals surface area (Å²) in [6, 6.07) is 6.42. The van der Waals surface area contributed by atoms with E-state index in [-0.39, 0.29) is 18.3 Å². The molecule has 32 heavy (non-hydrogen) atoms. The van der Waals surface area contributed by atoms with Crippen LogP contribution in [-0.4, -0.2) is 53.5 Å². The maximum atomic E-state index is 12.8. The Morgan fingerprint density at radius 1 is 0.938 bits per heavy atom. The van der Waals surface area contributed by atoms with Crippen LogP contribution in [0.1, 0.15) is 46.1 Å². The molecule has 5 atom stereocenters. The molecule has 0 aromatic heterocycles. The van der Waals surface area contributed by atoms with E-state index in [4.69, 9.17) is 5.73 Å². The Hall–Kier alpha value is -2.94. The van der Waals surface area contributed by atoms with Crippen LogP contribution in [0.5, 0.6) is 0 Å². The van der Waals surface area contributed by atoms with Gasteiger partial charge in [0.25, 0.3) is 0 Å². The summed E-state index contributed by atoms with van der Waals surface area (Å²) in [5, 5.41) is 16.9. The monoisotopic (exact) mass is 448 g/mol. The van der Waals surface area contributed by atoms with Gasteiger partial charge in [-0.1, -0.05) is 70.9 Å². The number of carbonyl (C=O) groups is 4. The van der Waals surface area contributed by atoms with Gasteiger partial charge in [-0.25, -0.2) is 4.79 Å². The summed E-state index contributed by atoms with van der Waals surface area (Å²) in [5.41, 5.74) is 6.83. The van der Waals surface area contributed by atoms with Gasteiger partial charge >= 0.3 is 5.97 Å². The van der Waals surface area contributed by atoms with E-state index in [2.05, 4.69) is 16.0 Å². The third-order valence-electron chi connectivity index (χ3n) is 5.69. The topological polar surface area (TPSA) is 151 Å². The van der Waals surface area contributed by atoms with E-state index in [0.717, 1.165) is 5.56 Å². The fourth-order valence-electron chi connectivity index (χ4n) is 3.04. The van der Waals surface area contributed by atoms with Crippen LogP contribution in [0.4, 0.5) is 0 Å². The largest absolute Gasteiger partial charge is 0.480 e. The van der Waals surface area contributed by atoms with Gasteiger partial charge in [-0.05, 0) is 17.4 Å². The summed E-state index contributed by atoms with van der Waals surface area (Å²) in [6.45, 7) is 6.93. The highest BCUT2D eigenvalue weighted by molar-refractivity contribution is 5.92. The zero-order valence-corrected chi connectivity index (χ0v) is 19.3. The fraction of sp³-hybridized carbons (Fsp3) is 0.565. The van der Waals surface area contributed by atoms with Crippen molar-refractivity contribution in [2.24, 2.45) is 17.6 Å². The number of hydrogen-bond donors (Lipinski definition) is 5. The zero-order valence-electron chi connectivity index (χ0n) is 19.3. The molecule has 0 radical (unpaired) electrons. The van der Waals surface area contributed by atoms with Gasteiger partial charge in [-0.2, -0.15) is 0 Å². The molecule has 0 bridgehead atoms. The first-order valence-electron chi connectivity index (χ1n) is 11.0. The molecule has 1 aromatic carbocycles. The second-order valence-corrected chi connectivity index (χ2v) is 8.15. The minimum atomic E-state index is -1.13. The average Bonchev–Trinajstić information content (AvgIpc) is 2.79. The predicted octanol–water partition coefficient (Wildman–Crippen LogP) is 0.819. The van der Waals surface area contributed by atoms with Crippen molar-refractivity contribution >= 4 is 23.7 Å². The van der Waals surface area contributed by atoms with Crippen molar-refractivity contribution in [3.63, 3.8) is 0 Å². The zero-order chi connectivity index (χ0) is 24.3. The number of carboxylic acids is 1. The molecule has 0 aliphatic carbocycles. The van der Waals surface area contributed by atoms with Crippen molar-refractivity contribution in [2.45, 2.75) is 65.1 Å². The van der Waals surface area contributed by atoms with Gasteiger partial charge < -0.3 is 26.8 Å². The number of nitrogens with one attached hydrogen (secondary N) is 3. The molecule has 0 saturated carbocycles. The van der Waals surface area contributed by atoms with Crippen LogP contribution in [0.2, 0.25) is 0 Å². The molecule has 5 unspecified atom stereocenters. The quantitative estimate of drug-likeness (QED) is 0.301. The number of nitrogens with two attached hydrogens (primary N) is 1. The number of hydrogen-bond acceptors (Lipinski definition) is 5. The van der Waals surface area contributed by atoms with E-state index in [1.807, 2.05) is 51.1 Å². The molecule has 1 aromatic rings. The smallest absolute Gasteiger partial charge is 0.326 e. The van der Waals surface area contributed by atoms with Crippen LogP contribution in [-0.2, 0) is 25.6 Å². The first kappa shape index (κ1) is 27.1. The molecule has 9 nitrogen and oxygen atoms in total. The van der Waals surface area contributed by atoms with Gasteiger partial charge in [-0.15, -0.1) is 0 Å². The molecule has 3 amide bonds. The second kappa shape index (κ2) is 13.5. The summed E-state index contributed by atoms with van der Waals surface area (Å²) in [4.78, 5) is 49.0. The van der Waals surface area contributed by atoms with E-state index in [9.17, 15) is 24.3 Å². The van der Waals surface area contributed by atoms with Gasteiger partial charge in [0.05, 0.1) is 12.6 Å². The first-order valence-corrected chi connectivity index (χ1v) is 11.0. The highest BCUT2D eigenvalue weighted by Crippen LogP contribution is 2.09. The summed E-state index contributed by atoms with van der Waals surface area (Å²) in [5.74, 6) is -3.07. The summed E-state index contributed by atoms with van der Waals surface area (Å²) in [6.07, 6.45) is 1.51. The Balaban J connectivity index is 2.83. The molecule has 0 saturated heterocycles. The number of amides is 3. The highest BCUT2D eigenvalue weighted by Gasteiger charge is 2.28. The third-order valence-corrected chi connectivity index (χ3v) is 5.69. The lowest BCUT2D eigenvalue weighted by atomic mass is 9.98. The van der Waals surface area contributed by atoms with Gasteiger partial charge in [0.15, 0.2) is 0 Å². The lowest BCUT2D eigenvalue weighted by Crippen LogP contribution is -2.55. The van der Waals surface area contributed by atoms with Gasteiger partial charge in [-0.3, -0.25) is 14.4 Å². The number of benzene rings is 1. The Bertz CT molecular complexity index is 771. The number of carboxylic acid groups (broad SMARTS) is 1. The molecular formula is C23H36N4O5. The molecule has 9 heteroatoms. The average molecular weight is 449 g/mol. The second-order valence-electron chi connectivity index (χ2n) is 8.15. The van der Waals surface area contributed by atoms with E-state index in [1.165, 1.54) is 0 Å². The Kier molecular flexibility index (Phi) is 11.4. The van der Waals surface area contributed by atoms with Crippen LogP contribution in [0, 0.1) is 11.8 Å². The number of aliphatic carboxylic acids is 1. The predicted molar refractivity (Wildman–Crippen MR) is 122 cm³/mol. The molecule has 0 aliphatic rings. The molecule has 1 rings (SSSR count). The molecule has 178 valence electrons. The van der Waals surface area contributed by atoms with Gasteiger partial charge in [0.2, 0.25) is 17.7 Å². The number of carbonyl (C=O) groups excluding carboxylic acids is 3. The minimum Gasteiger partial charge on any atom is -0.480 e. The van der Waals surface area contributed by atoms with Crippen molar-refractivity contribution < 1.29 is 24.3 Å². The number of rotatable bonds is 13. The molecule has 6 N–H and O–H groups in total. The summed E-state index contributed by atoms with van der Waals surface area (Å²) < 4.78 is 0. The SMILES string of the molecule is CCC(C)C(N)C(=O)NC(Cc1ccccc1)C(=O)NCC(=O)NC(C(=O)O)C(C)CC.